The molecule has 1 atom stereocenters. The molecule has 0 bridgehead atoms. The van der Waals surface area contributed by atoms with Crippen LogP contribution in [0, 0.1) is 12.3 Å². The van der Waals surface area contributed by atoms with E-state index in [1.165, 1.54) is 17.5 Å². The minimum Gasteiger partial charge on any atom is -0.399 e. The molecule has 82 valence electrons. The minimum atomic E-state index is 0.503. The molecule has 2 rings (SSSR count). The second-order valence-electron chi connectivity index (χ2n) is 5.32. The summed E-state index contributed by atoms with van der Waals surface area (Å²) in [5, 5.41) is 3.57. The van der Waals surface area contributed by atoms with Gasteiger partial charge in [-0.15, -0.1) is 0 Å². The first-order valence-corrected chi connectivity index (χ1v) is 5.57. The first kappa shape index (κ1) is 10.5. The normalized spacial score (nSPS) is 22.7. The van der Waals surface area contributed by atoms with E-state index in [1.807, 2.05) is 6.07 Å². The molecule has 1 aliphatic carbocycles. The van der Waals surface area contributed by atoms with Gasteiger partial charge in [0, 0.05) is 18.3 Å². The van der Waals surface area contributed by atoms with Gasteiger partial charge in [-0.1, -0.05) is 26.0 Å². The van der Waals surface area contributed by atoms with Gasteiger partial charge in [0.15, 0.2) is 0 Å². The van der Waals surface area contributed by atoms with E-state index in [0.29, 0.717) is 11.5 Å². The molecule has 0 aromatic heterocycles. The first-order valence-electron chi connectivity index (χ1n) is 5.57. The van der Waals surface area contributed by atoms with Crippen LogP contribution in [0.1, 0.15) is 31.4 Å². The van der Waals surface area contributed by atoms with Crippen LogP contribution >= 0.6 is 0 Å². The van der Waals surface area contributed by atoms with Crippen molar-refractivity contribution >= 4 is 5.69 Å². The molecule has 1 aromatic carbocycles. The van der Waals surface area contributed by atoms with Gasteiger partial charge in [0.2, 0.25) is 0 Å². The molecule has 1 unspecified atom stereocenters. The predicted molar refractivity (Wildman–Crippen MR) is 64.6 cm³/mol. The second-order valence-corrected chi connectivity index (χ2v) is 5.32. The number of nitrogens with two attached hydrogens (primary N) is 1. The molecule has 0 amide bonds. The third kappa shape index (κ3) is 2.32. The molecule has 3 N–H and O–H groups in total. The molecule has 0 aliphatic heterocycles. The summed E-state index contributed by atoms with van der Waals surface area (Å²) in [7, 11) is 0. The van der Waals surface area contributed by atoms with Crippen LogP contribution in [0.25, 0.3) is 0 Å². The molecule has 1 fully saturated rings. The summed E-state index contributed by atoms with van der Waals surface area (Å²) in [5.74, 6) is 0. The van der Waals surface area contributed by atoms with E-state index in [9.17, 15) is 0 Å². The standard InChI is InChI=1S/C13H20N2/c1-9-6-10(4-5-11(9)14)8-15-12-7-13(12,2)3/h4-6,12,15H,7-8,14H2,1-3H3. The molecule has 0 saturated heterocycles. The summed E-state index contributed by atoms with van der Waals surface area (Å²) in [5.41, 5.74) is 9.66. The lowest BCUT2D eigenvalue weighted by molar-refractivity contribution is 0.542. The van der Waals surface area contributed by atoms with E-state index in [1.54, 1.807) is 0 Å². The maximum atomic E-state index is 5.78. The van der Waals surface area contributed by atoms with Crippen molar-refractivity contribution in [2.24, 2.45) is 5.41 Å². The number of aryl methyl sites for hydroxylation is 1. The van der Waals surface area contributed by atoms with Crippen LogP contribution in [0.4, 0.5) is 5.69 Å². The van der Waals surface area contributed by atoms with Gasteiger partial charge in [0.25, 0.3) is 0 Å². The van der Waals surface area contributed by atoms with E-state index >= 15 is 0 Å². The van der Waals surface area contributed by atoms with E-state index in [2.05, 4.69) is 38.2 Å². The predicted octanol–water partition coefficient (Wildman–Crippen LogP) is 2.47. The molecule has 15 heavy (non-hydrogen) atoms. The maximum Gasteiger partial charge on any atom is 0.0343 e. The van der Waals surface area contributed by atoms with E-state index < -0.39 is 0 Å². The quantitative estimate of drug-likeness (QED) is 0.742. The number of nitrogens with one attached hydrogen (secondary N) is 1. The Morgan fingerprint density at radius 2 is 2.13 bits per heavy atom. The van der Waals surface area contributed by atoms with Gasteiger partial charge < -0.3 is 11.1 Å². The van der Waals surface area contributed by atoms with Crippen molar-refractivity contribution in [2.75, 3.05) is 5.73 Å². The lowest BCUT2D eigenvalue weighted by atomic mass is 10.1. The van der Waals surface area contributed by atoms with E-state index in [4.69, 9.17) is 5.73 Å². The lowest BCUT2D eigenvalue weighted by Gasteiger charge is -2.08. The average molecular weight is 204 g/mol. The Labute approximate surface area is 91.9 Å². The molecule has 2 nitrogen and oxygen atoms in total. The molecule has 0 spiro atoms. The Hall–Kier alpha value is -1.02. The van der Waals surface area contributed by atoms with E-state index in [0.717, 1.165) is 12.2 Å². The number of nitrogen functional groups attached to an aromatic ring is 1. The van der Waals surface area contributed by atoms with Gasteiger partial charge in [0.05, 0.1) is 0 Å². The Morgan fingerprint density at radius 3 is 2.67 bits per heavy atom. The smallest absolute Gasteiger partial charge is 0.0343 e. The third-order valence-corrected chi connectivity index (χ3v) is 3.40. The fourth-order valence-corrected chi connectivity index (χ4v) is 1.90. The molecule has 1 aromatic rings. The molecule has 0 heterocycles. The zero-order chi connectivity index (χ0) is 11.1. The molecule has 2 heteroatoms. The fraction of sp³-hybridized carbons (Fsp3) is 0.538. The van der Waals surface area contributed by atoms with Crippen molar-refractivity contribution in [1.29, 1.82) is 0 Å². The highest BCUT2D eigenvalue weighted by Gasteiger charge is 2.44. The number of hydrogen-bond donors (Lipinski definition) is 2. The summed E-state index contributed by atoms with van der Waals surface area (Å²) in [6, 6.07) is 6.95. The summed E-state index contributed by atoms with van der Waals surface area (Å²) in [6.45, 7) is 7.62. The highest BCUT2D eigenvalue weighted by atomic mass is 15.0. The fourth-order valence-electron chi connectivity index (χ4n) is 1.90. The molecular formula is C13H20N2. The summed E-state index contributed by atoms with van der Waals surface area (Å²) < 4.78 is 0. The van der Waals surface area contributed by atoms with Crippen molar-refractivity contribution in [3.05, 3.63) is 29.3 Å². The Morgan fingerprint density at radius 1 is 1.47 bits per heavy atom. The van der Waals surface area contributed by atoms with Crippen molar-refractivity contribution in [1.82, 2.24) is 5.32 Å². The zero-order valence-electron chi connectivity index (χ0n) is 9.80. The van der Waals surface area contributed by atoms with E-state index in [-0.39, 0.29) is 0 Å². The van der Waals surface area contributed by atoms with Crippen LogP contribution < -0.4 is 11.1 Å². The maximum absolute atomic E-state index is 5.78. The van der Waals surface area contributed by atoms with Gasteiger partial charge in [0.1, 0.15) is 0 Å². The van der Waals surface area contributed by atoms with Gasteiger partial charge in [-0.2, -0.15) is 0 Å². The Kier molecular flexibility index (Phi) is 2.47. The number of anilines is 1. The van der Waals surface area contributed by atoms with Crippen LogP contribution in [-0.4, -0.2) is 6.04 Å². The van der Waals surface area contributed by atoms with Gasteiger partial charge in [-0.05, 0) is 36.0 Å². The number of hydrogen-bond acceptors (Lipinski definition) is 2. The first-order chi connectivity index (χ1) is 6.99. The Bertz CT molecular complexity index is 369. The molecule has 1 aliphatic rings. The van der Waals surface area contributed by atoms with Crippen molar-refractivity contribution < 1.29 is 0 Å². The molecule has 0 radical (unpaired) electrons. The van der Waals surface area contributed by atoms with Crippen LogP contribution in [-0.2, 0) is 6.54 Å². The second kappa shape index (κ2) is 3.53. The topological polar surface area (TPSA) is 38.0 Å². The molecule has 1 saturated carbocycles. The summed E-state index contributed by atoms with van der Waals surface area (Å²) >= 11 is 0. The Balaban J connectivity index is 1.92. The zero-order valence-corrected chi connectivity index (χ0v) is 9.80. The number of rotatable bonds is 3. The minimum absolute atomic E-state index is 0.503. The van der Waals surface area contributed by atoms with Crippen LogP contribution in [0.5, 0.6) is 0 Å². The van der Waals surface area contributed by atoms with Crippen LogP contribution in [0.3, 0.4) is 0 Å². The van der Waals surface area contributed by atoms with Crippen LogP contribution in [0.15, 0.2) is 18.2 Å². The third-order valence-electron chi connectivity index (χ3n) is 3.40. The SMILES string of the molecule is Cc1cc(CNC2CC2(C)C)ccc1N. The summed E-state index contributed by atoms with van der Waals surface area (Å²) in [4.78, 5) is 0. The van der Waals surface area contributed by atoms with Crippen molar-refractivity contribution in [2.45, 2.75) is 39.8 Å². The highest BCUT2D eigenvalue weighted by Crippen LogP contribution is 2.44. The summed E-state index contributed by atoms with van der Waals surface area (Å²) in [6.07, 6.45) is 1.29. The molecular weight excluding hydrogens is 184 g/mol. The van der Waals surface area contributed by atoms with Gasteiger partial charge in [-0.3, -0.25) is 0 Å². The number of benzene rings is 1. The van der Waals surface area contributed by atoms with Gasteiger partial charge in [-0.25, -0.2) is 0 Å². The van der Waals surface area contributed by atoms with Gasteiger partial charge >= 0.3 is 0 Å². The largest absolute Gasteiger partial charge is 0.399 e. The lowest BCUT2D eigenvalue weighted by Crippen LogP contribution is -2.19. The van der Waals surface area contributed by atoms with Crippen molar-refractivity contribution in [3.63, 3.8) is 0 Å². The highest BCUT2D eigenvalue weighted by molar-refractivity contribution is 5.47. The average Bonchev–Trinajstić information content (AvgIpc) is 2.77. The van der Waals surface area contributed by atoms with Crippen molar-refractivity contribution in [3.8, 4) is 0 Å². The van der Waals surface area contributed by atoms with Crippen LogP contribution in [0.2, 0.25) is 0 Å². The monoisotopic (exact) mass is 204 g/mol.